The van der Waals surface area contributed by atoms with E-state index in [2.05, 4.69) is 11.9 Å². The fraction of sp³-hybridized carbons (Fsp3) is 0.778. The molecule has 1 N–H and O–H groups in total. The molecule has 0 bridgehead atoms. The minimum absolute atomic E-state index is 0.793. The smallest absolute Gasteiger partial charge is 0.0290 e. The van der Waals surface area contributed by atoms with E-state index in [0.29, 0.717) is 0 Å². The maximum Gasteiger partial charge on any atom is 0.0290 e. The van der Waals surface area contributed by atoms with Crippen molar-refractivity contribution in [3.8, 4) is 0 Å². The Kier molecular flexibility index (Phi) is 1.44. The van der Waals surface area contributed by atoms with Gasteiger partial charge in [0.1, 0.15) is 0 Å². The van der Waals surface area contributed by atoms with Gasteiger partial charge in [-0.2, -0.15) is 0 Å². The van der Waals surface area contributed by atoms with E-state index in [-0.39, 0.29) is 0 Å². The standard InChI is InChI=1S/C9H15N/c1-7-6-8-4-2-3-5-9(8)10-7/h8-10H,1-6H2/t8-,9-/m0/s1. The highest BCUT2D eigenvalue weighted by Gasteiger charge is 2.30. The van der Waals surface area contributed by atoms with Gasteiger partial charge >= 0.3 is 0 Å². The lowest BCUT2D eigenvalue weighted by Gasteiger charge is -2.23. The number of hydrogen-bond acceptors (Lipinski definition) is 1. The lowest BCUT2D eigenvalue weighted by atomic mass is 9.85. The summed E-state index contributed by atoms with van der Waals surface area (Å²) in [4.78, 5) is 0. The normalized spacial score (nSPS) is 39.0. The molecular formula is C9H15N. The summed E-state index contributed by atoms with van der Waals surface area (Å²) in [5.74, 6) is 0.932. The molecule has 1 saturated heterocycles. The van der Waals surface area contributed by atoms with Gasteiger partial charge in [-0.15, -0.1) is 0 Å². The quantitative estimate of drug-likeness (QED) is 0.539. The van der Waals surface area contributed by atoms with Crippen molar-refractivity contribution in [3.05, 3.63) is 12.3 Å². The third-order valence-corrected chi connectivity index (χ3v) is 2.81. The highest BCUT2D eigenvalue weighted by molar-refractivity contribution is 5.06. The maximum atomic E-state index is 3.97. The molecule has 2 atom stereocenters. The van der Waals surface area contributed by atoms with Crippen LogP contribution in [-0.2, 0) is 0 Å². The SMILES string of the molecule is C=C1C[C@@H]2CCCC[C@@H]2N1. The molecule has 1 heteroatoms. The fourth-order valence-corrected chi connectivity index (χ4v) is 2.28. The van der Waals surface area contributed by atoms with Crippen LogP contribution in [0.15, 0.2) is 12.3 Å². The van der Waals surface area contributed by atoms with E-state index in [9.17, 15) is 0 Å². The molecule has 0 aromatic rings. The lowest BCUT2D eigenvalue weighted by molar-refractivity contribution is 0.326. The zero-order chi connectivity index (χ0) is 6.97. The summed E-state index contributed by atoms with van der Waals surface area (Å²) in [6.07, 6.45) is 6.91. The third-order valence-electron chi connectivity index (χ3n) is 2.81. The van der Waals surface area contributed by atoms with E-state index in [0.717, 1.165) is 12.0 Å². The molecule has 1 saturated carbocycles. The van der Waals surface area contributed by atoms with E-state index in [4.69, 9.17) is 0 Å². The molecule has 1 nitrogen and oxygen atoms in total. The predicted molar refractivity (Wildman–Crippen MR) is 42.6 cm³/mol. The van der Waals surface area contributed by atoms with Crippen LogP contribution in [0.1, 0.15) is 32.1 Å². The Bertz CT molecular complexity index is 135. The fourth-order valence-electron chi connectivity index (χ4n) is 2.28. The largest absolute Gasteiger partial charge is 0.386 e. The van der Waals surface area contributed by atoms with Gasteiger partial charge in [-0.3, -0.25) is 0 Å². The van der Waals surface area contributed by atoms with Gasteiger partial charge in [-0.05, 0) is 25.2 Å². The summed E-state index contributed by atoms with van der Waals surface area (Å²) < 4.78 is 0. The molecule has 1 aliphatic heterocycles. The van der Waals surface area contributed by atoms with E-state index < -0.39 is 0 Å². The van der Waals surface area contributed by atoms with Gasteiger partial charge in [-0.1, -0.05) is 19.4 Å². The molecule has 56 valence electrons. The van der Waals surface area contributed by atoms with Gasteiger partial charge in [-0.25, -0.2) is 0 Å². The molecule has 0 unspecified atom stereocenters. The van der Waals surface area contributed by atoms with E-state index in [1.807, 2.05) is 0 Å². The van der Waals surface area contributed by atoms with Crippen LogP contribution in [-0.4, -0.2) is 6.04 Å². The molecule has 0 amide bonds. The molecule has 2 fully saturated rings. The highest BCUT2D eigenvalue weighted by Crippen LogP contribution is 2.33. The Balaban J connectivity index is 2.04. The van der Waals surface area contributed by atoms with Crippen molar-refractivity contribution in [2.75, 3.05) is 0 Å². The van der Waals surface area contributed by atoms with Crippen molar-refractivity contribution in [2.24, 2.45) is 5.92 Å². The average molecular weight is 137 g/mol. The first kappa shape index (κ1) is 6.26. The van der Waals surface area contributed by atoms with Crippen LogP contribution in [0.25, 0.3) is 0 Å². The molecule has 0 aromatic carbocycles. The molecule has 0 spiro atoms. The summed E-state index contributed by atoms with van der Waals surface area (Å²) >= 11 is 0. The number of hydrogen-bond donors (Lipinski definition) is 1. The van der Waals surface area contributed by atoms with E-state index >= 15 is 0 Å². The topological polar surface area (TPSA) is 12.0 Å². The number of allylic oxidation sites excluding steroid dienone is 1. The zero-order valence-electron chi connectivity index (χ0n) is 6.40. The molecule has 2 aliphatic rings. The van der Waals surface area contributed by atoms with Crippen molar-refractivity contribution in [3.63, 3.8) is 0 Å². The van der Waals surface area contributed by atoms with Crippen LogP contribution in [0.4, 0.5) is 0 Å². The van der Waals surface area contributed by atoms with Crippen LogP contribution in [0, 0.1) is 5.92 Å². The van der Waals surface area contributed by atoms with Crippen molar-refractivity contribution in [1.82, 2.24) is 5.32 Å². The van der Waals surface area contributed by atoms with Gasteiger partial charge in [0, 0.05) is 11.7 Å². The summed E-state index contributed by atoms with van der Waals surface area (Å²) in [7, 11) is 0. The number of nitrogens with one attached hydrogen (secondary N) is 1. The first-order chi connectivity index (χ1) is 4.86. The Morgan fingerprint density at radius 2 is 2.10 bits per heavy atom. The van der Waals surface area contributed by atoms with Crippen molar-refractivity contribution < 1.29 is 0 Å². The maximum absolute atomic E-state index is 3.97. The third kappa shape index (κ3) is 0.938. The molecule has 0 aromatic heterocycles. The Labute approximate surface area is 62.5 Å². The molecule has 2 rings (SSSR count). The van der Waals surface area contributed by atoms with Crippen molar-refractivity contribution in [2.45, 2.75) is 38.1 Å². The van der Waals surface area contributed by atoms with Crippen LogP contribution in [0.2, 0.25) is 0 Å². The molecule has 10 heavy (non-hydrogen) atoms. The average Bonchev–Trinajstić information content (AvgIpc) is 2.27. The molecule has 1 heterocycles. The summed E-state index contributed by atoms with van der Waals surface area (Å²) in [6.45, 7) is 3.97. The summed E-state index contributed by atoms with van der Waals surface area (Å²) in [6, 6.07) is 0.793. The first-order valence-electron chi connectivity index (χ1n) is 4.30. The van der Waals surface area contributed by atoms with Gasteiger partial charge in [0.2, 0.25) is 0 Å². The lowest BCUT2D eigenvalue weighted by Crippen LogP contribution is -2.28. The van der Waals surface area contributed by atoms with Crippen LogP contribution in [0.3, 0.4) is 0 Å². The van der Waals surface area contributed by atoms with Gasteiger partial charge in [0.25, 0.3) is 0 Å². The van der Waals surface area contributed by atoms with Gasteiger partial charge in [0.05, 0.1) is 0 Å². The molecule has 1 aliphatic carbocycles. The Morgan fingerprint density at radius 1 is 1.30 bits per heavy atom. The minimum Gasteiger partial charge on any atom is -0.386 e. The van der Waals surface area contributed by atoms with Gasteiger partial charge < -0.3 is 5.32 Å². The van der Waals surface area contributed by atoms with Crippen LogP contribution < -0.4 is 5.32 Å². The highest BCUT2D eigenvalue weighted by atomic mass is 15.0. The number of fused-ring (bicyclic) bond motifs is 1. The summed E-state index contributed by atoms with van der Waals surface area (Å²) in [5, 5.41) is 3.46. The molecule has 0 radical (unpaired) electrons. The molecular weight excluding hydrogens is 122 g/mol. The summed E-state index contributed by atoms with van der Waals surface area (Å²) in [5.41, 5.74) is 1.27. The van der Waals surface area contributed by atoms with Crippen LogP contribution >= 0.6 is 0 Å². The predicted octanol–water partition coefficient (Wildman–Crippen LogP) is 2.05. The zero-order valence-corrected chi connectivity index (χ0v) is 6.40. The second-order valence-corrected chi connectivity index (χ2v) is 3.60. The Hall–Kier alpha value is -0.460. The number of rotatable bonds is 0. The monoisotopic (exact) mass is 137 g/mol. The Morgan fingerprint density at radius 3 is 2.90 bits per heavy atom. The minimum atomic E-state index is 0.793. The second kappa shape index (κ2) is 2.30. The van der Waals surface area contributed by atoms with Crippen LogP contribution in [0.5, 0.6) is 0 Å². The second-order valence-electron chi connectivity index (χ2n) is 3.60. The van der Waals surface area contributed by atoms with E-state index in [1.165, 1.54) is 37.8 Å². The van der Waals surface area contributed by atoms with Crippen molar-refractivity contribution in [1.29, 1.82) is 0 Å². The van der Waals surface area contributed by atoms with Gasteiger partial charge in [0.15, 0.2) is 0 Å². The van der Waals surface area contributed by atoms with Crippen molar-refractivity contribution >= 4 is 0 Å². The first-order valence-corrected chi connectivity index (χ1v) is 4.30. The van der Waals surface area contributed by atoms with E-state index in [1.54, 1.807) is 0 Å².